The van der Waals surface area contributed by atoms with Gasteiger partial charge >= 0.3 is 0 Å². The number of ether oxygens (including phenoxy) is 1. The summed E-state index contributed by atoms with van der Waals surface area (Å²) in [6.45, 7) is 5.06. The average molecular weight is 161 g/mol. The van der Waals surface area contributed by atoms with E-state index in [9.17, 15) is 0 Å². The summed E-state index contributed by atoms with van der Waals surface area (Å²) in [6.07, 6.45) is 0.833. The summed E-state index contributed by atoms with van der Waals surface area (Å²) in [5, 5.41) is 11.7. The first-order valence-electron chi connectivity index (χ1n) is 4.11. The van der Waals surface area contributed by atoms with Gasteiger partial charge in [-0.05, 0) is 25.4 Å². The monoisotopic (exact) mass is 161 g/mol. The second-order valence-corrected chi connectivity index (χ2v) is 2.84. The van der Waals surface area contributed by atoms with Crippen molar-refractivity contribution in [2.45, 2.75) is 13.3 Å². The highest BCUT2D eigenvalue weighted by molar-refractivity contribution is 4.55. The molecule has 0 saturated carbocycles. The van der Waals surface area contributed by atoms with Crippen molar-refractivity contribution in [3.8, 4) is 0 Å². The summed E-state index contributed by atoms with van der Waals surface area (Å²) in [6, 6.07) is 0. The van der Waals surface area contributed by atoms with Crippen LogP contribution in [0.5, 0.6) is 0 Å². The highest BCUT2D eigenvalue weighted by Gasteiger charge is 1.98. The number of rotatable bonds is 7. The molecule has 0 heterocycles. The predicted octanol–water partition coefficient (Wildman–Crippen LogP) is 0.241. The van der Waals surface area contributed by atoms with Crippen LogP contribution in [-0.4, -0.2) is 38.5 Å². The molecule has 0 fully saturated rings. The van der Waals surface area contributed by atoms with Crippen LogP contribution in [0.2, 0.25) is 0 Å². The van der Waals surface area contributed by atoms with Crippen LogP contribution >= 0.6 is 0 Å². The van der Waals surface area contributed by atoms with E-state index in [0.717, 1.165) is 26.1 Å². The van der Waals surface area contributed by atoms with Crippen LogP contribution in [0.1, 0.15) is 13.3 Å². The number of nitrogens with one attached hydrogen (secondary N) is 1. The zero-order valence-electron chi connectivity index (χ0n) is 7.47. The van der Waals surface area contributed by atoms with Crippen molar-refractivity contribution in [2.75, 3.05) is 33.4 Å². The lowest BCUT2D eigenvalue weighted by Gasteiger charge is -2.10. The van der Waals surface area contributed by atoms with E-state index in [1.807, 2.05) is 0 Å². The van der Waals surface area contributed by atoms with Gasteiger partial charge in [-0.1, -0.05) is 6.92 Å². The lowest BCUT2D eigenvalue weighted by molar-refractivity contribution is 0.158. The van der Waals surface area contributed by atoms with Crippen molar-refractivity contribution in [1.82, 2.24) is 5.32 Å². The largest absolute Gasteiger partial charge is 0.396 e. The zero-order chi connectivity index (χ0) is 8.53. The first-order chi connectivity index (χ1) is 5.31. The van der Waals surface area contributed by atoms with Crippen molar-refractivity contribution in [2.24, 2.45) is 5.92 Å². The number of hydrogen-bond acceptors (Lipinski definition) is 3. The molecule has 1 atom stereocenters. The Labute approximate surface area is 68.8 Å². The highest BCUT2D eigenvalue weighted by atomic mass is 16.5. The molecule has 3 heteroatoms. The predicted molar refractivity (Wildman–Crippen MR) is 45.6 cm³/mol. The Hall–Kier alpha value is -0.120. The summed E-state index contributed by atoms with van der Waals surface area (Å²) >= 11 is 0. The van der Waals surface area contributed by atoms with Gasteiger partial charge in [-0.25, -0.2) is 0 Å². The number of aliphatic hydroxyl groups excluding tert-OH is 1. The van der Waals surface area contributed by atoms with Gasteiger partial charge in [0, 0.05) is 20.3 Å². The van der Waals surface area contributed by atoms with E-state index >= 15 is 0 Å². The Morgan fingerprint density at radius 2 is 2.27 bits per heavy atom. The molecule has 0 radical (unpaired) electrons. The fourth-order valence-corrected chi connectivity index (χ4v) is 0.896. The smallest absolute Gasteiger partial charge is 0.0499 e. The van der Waals surface area contributed by atoms with Gasteiger partial charge < -0.3 is 15.2 Å². The molecule has 68 valence electrons. The highest BCUT2D eigenvalue weighted by Crippen LogP contribution is 1.91. The van der Waals surface area contributed by atoms with Crippen LogP contribution in [-0.2, 0) is 4.74 Å². The van der Waals surface area contributed by atoms with Gasteiger partial charge in [-0.2, -0.15) is 0 Å². The van der Waals surface area contributed by atoms with Crippen LogP contribution in [0.3, 0.4) is 0 Å². The third-order valence-electron chi connectivity index (χ3n) is 1.46. The summed E-state index contributed by atoms with van der Waals surface area (Å²) in [7, 11) is 1.71. The standard InChI is InChI=1S/C8H19NO2/c1-8(7-11-2)6-9-4-3-5-10/h8-10H,3-7H2,1-2H3. The molecule has 0 aliphatic carbocycles. The Morgan fingerprint density at radius 3 is 2.82 bits per heavy atom. The lowest BCUT2D eigenvalue weighted by Crippen LogP contribution is -2.25. The summed E-state index contributed by atoms with van der Waals surface area (Å²) in [5.41, 5.74) is 0. The van der Waals surface area contributed by atoms with E-state index in [1.54, 1.807) is 7.11 Å². The fourth-order valence-electron chi connectivity index (χ4n) is 0.896. The first-order valence-corrected chi connectivity index (χ1v) is 4.11. The van der Waals surface area contributed by atoms with E-state index in [4.69, 9.17) is 9.84 Å². The van der Waals surface area contributed by atoms with Gasteiger partial charge in [0.1, 0.15) is 0 Å². The second-order valence-electron chi connectivity index (χ2n) is 2.84. The van der Waals surface area contributed by atoms with Crippen molar-refractivity contribution >= 4 is 0 Å². The zero-order valence-corrected chi connectivity index (χ0v) is 7.47. The molecule has 11 heavy (non-hydrogen) atoms. The number of aliphatic hydroxyl groups is 1. The number of methoxy groups -OCH3 is 1. The van der Waals surface area contributed by atoms with Gasteiger partial charge in [-0.15, -0.1) is 0 Å². The molecule has 1 unspecified atom stereocenters. The Kier molecular flexibility index (Phi) is 7.89. The average Bonchev–Trinajstić information content (AvgIpc) is 1.99. The summed E-state index contributed by atoms with van der Waals surface area (Å²) < 4.78 is 4.97. The maximum absolute atomic E-state index is 8.47. The summed E-state index contributed by atoms with van der Waals surface area (Å²) in [5.74, 6) is 0.554. The van der Waals surface area contributed by atoms with E-state index < -0.39 is 0 Å². The minimum atomic E-state index is 0.270. The molecule has 3 nitrogen and oxygen atoms in total. The Bertz CT molecular complexity index is 78.5. The van der Waals surface area contributed by atoms with Gasteiger partial charge in [0.15, 0.2) is 0 Å². The Balaban J connectivity index is 2.97. The number of hydrogen-bond donors (Lipinski definition) is 2. The molecule has 0 aliphatic heterocycles. The third kappa shape index (κ3) is 7.78. The molecular formula is C8H19NO2. The molecule has 0 spiro atoms. The molecule has 0 aromatic carbocycles. The van der Waals surface area contributed by atoms with Crippen LogP contribution < -0.4 is 5.32 Å². The van der Waals surface area contributed by atoms with E-state index in [0.29, 0.717) is 5.92 Å². The van der Waals surface area contributed by atoms with Gasteiger partial charge in [0.2, 0.25) is 0 Å². The lowest BCUT2D eigenvalue weighted by atomic mass is 10.2. The molecular weight excluding hydrogens is 142 g/mol. The fraction of sp³-hybridized carbons (Fsp3) is 1.00. The molecule has 0 amide bonds. The normalized spacial score (nSPS) is 13.4. The van der Waals surface area contributed by atoms with E-state index in [2.05, 4.69) is 12.2 Å². The first kappa shape index (κ1) is 10.9. The molecule has 0 saturated heterocycles. The van der Waals surface area contributed by atoms with Crippen molar-refractivity contribution < 1.29 is 9.84 Å². The van der Waals surface area contributed by atoms with Crippen molar-refractivity contribution in [1.29, 1.82) is 0 Å². The summed E-state index contributed by atoms with van der Waals surface area (Å²) in [4.78, 5) is 0. The van der Waals surface area contributed by atoms with E-state index in [1.165, 1.54) is 0 Å². The van der Waals surface area contributed by atoms with Gasteiger partial charge in [0.25, 0.3) is 0 Å². The molecule has 0 rings (SSSR count). The van der Waals surface area contributed by atoms with Crippen LogP contribution in [0.4, 0.5) is 0 Å². The van der Waals surface area contributed by atoms with Crippen molar-refractivity contribution in [3.05, 3.63) is 0 Å². The molecule has 0 bridgehead atoms. The van der Waals surface area contributed by atoms with Gasteiger partial charge in [0.05, 0.1) is 0 Å². The van der Waals surface area contributed by atoms with Gasteiger partial charge in [-0.3, -0.25) is 0 Å². The van der Waals surface area contributed by atoms with E-state index in [-0.39, 0.29) is 6.61 Å². The SMILES string of the molecule is COCC(C)CNCCCO. The topological polar surface area (TPSA) is 41.5 Å². The maximum atomic E-state index is 8.47. The van der Waals surface area contributed by atoms with Crippen LogP contribution in [0.15, 0.2) is 0 Å². The molecule has 0 aromatic rings. The maximum Gasteiger partial charge on any atom is 0.0499 e. The molecule has 2 N–H and O–H groups in total. The second kappa shape index (κ2) is 7.98. The van der Waals surface area contributed by atoms with Crippen LogP contribution in [0, 0.1) is 5.92 Å². The third-order valence-corrected chi connectivity index (χ3v) is 1.46. The Morgan fingerprint density at radius 1 is 1.55 bits per heavy atom. The molecule has 0 aliphatic rings. The van der Waals surface area contributed by atoms with Crippen LogP contribution in [0.25, 0.3) is 0 Å². The quantitative estimate of drug-likeness (QED) is 0.526. The minimum Gasteiger partial charge on any atom is -0.396 e. The van der Waals surface area contributed by atoms with Crippen molar-refractivity contribution in [3.63, 3.8) is 0 Å². The minimum absolute atomic E-state index is 0.270. The molecule has 0 aromatic heterocycles.